The summed E-state index contributed by atoms with van der Waals surface area (Å²) in [6.07, 6.45) is 4.33. The van der Waals surface area contributed by atoms with Gasteiger partial charge < -0.3 is 21.7 Å². The number of nitrogens with zero attached hydrogens (tertiary/aromatic N) is 2. The molecule has 1 aromatic carbocycles. The third kappa shape index (κ3) is 7.64. The summed E-state index contributed by atoms with van der Waals surface area (Å²) in [5, 5.41) is 8.87. The van der Waals surface area contributed by atoms with Crippen molar-refractivity contribution in [2.45, 2.75) is 58.4 Å². The van der Waals surface area contributed by atoms with Gasteiger partial charge in [0.05, 0.1) is 11.4 Å². The third-order valence-corrected chi connectivity index (χ3v) is 4.94. The minimum atomic E-state index is -0.594. The van der Waals surface area contributed by atoms with Gasteiger partial charge in [-0.25, -0.2) is 9.97 Å². The Labute approximate surface area is 184 Å². The lowest BCUT2D eigenvalue weighted by Gasteiger charge is -2.14. The zero-order valence-electron chi connectivity index (χ0n) is 18.9. The van der Waals surface area contributed by atoms with Crippen molar-refractivity contribution in [1.82, 2.24) is 20.6 Å². The molecule has 0 bridgehead atoms. The number of hydrogen-bond donors (Lipinski definition) is 4. The lowest BCUT2D eigenvalue weighted by atomic mass is 10.1. The first-order valence-corrected chi connectivity index (χ1v) is 10.8. The van der Waals surface area contributed by atoms with E-state index in [0.29, 0.717) is 37.2 Å². The maximum Gasteiger partial charge on any atom is 0.271 e. The molecule has 1 aliphatic carbocycles. The highest BCUT2D eigenvalue weighted by Crippen LogP contribution is 2.41. The number of aryl methyl sites for hydroxylation is 1. The van der Waals surface area contributed by atoms with Crippen LogP contribution in [0, 0.1) is 0 Å². The molecule has 5 N–H and O–H groups in total. The number of anilines is 2. The number of nitrogens with two attached hydrogens (primary N) is 1. The van der Waals surface area contributed by atoms with E-state index in [0.717, 1.165) is 41.9 Å². The molecule has 1 aromatic heterocycles. The fraction of sp³-hybridized carbons (Fsp3) is 0.478. The van der Waals surface area contributed by atoms with E-state index in [1.165, 1.54) is 0 Å². The number of rotatable bonds is 10. The summed E-state index contributed by atoms with van der Waals surface area (Å²) >= 11 is 0. The minimum absolute atomic E-state index is 0.166. The smallest absolute Gasteiger partial charge is 0.271 e. The molecule has 0 atom stereocenters. The van der Waals surface area contributed by atoms with Crippen LogP contribution in [0.1, 0.15) is 67.0 Å². The van der Waals surface area contributed by atoms with Crippen LogP contribution in [-0.2, 0) is 17.6 Å². The van der Waals surface area contributed by atoms with Gasteiger partial charge in [-0.1, -0.05) is 32.9 Å². The van der Waals surface area contributed by atoms with Gasteiger partial charge in [0, 0.05) is 24.2 Å². The number of primary amides is 1. The highest BCUT2D eigenvalue weighted by molar-refractivity contribution is 5.96. The van der Waals surface area contributed by atoms with E-state index in [1.54, 1.807) is 0 Å². The maximum absolute atomic E-state index is 11.9. The van der Waals surface area contributed by atoms with Crippen LogP contribution in [0.5, 0.6) is 0 Å². The molecule has 1 saturated carbocycles. The van der Waals surface area contributed by atoms with E-state index < -0.39 is 5.91 Å². The average molecular weight is 427 g/mol. The molecule has 8 heteroatoms. The number of nitrogens with one attached hydrogen (secondary N) is 3. The molecule has 2 aromatic rings. The van der Waals surface area contributed by atoms with Gasteiger partial charge >= 0.3 is 0 Å². The molecule has 0 spiro atoms. The Hall–Kier alpha value is -3.00. The van der Waals surface area contributed by atoms with Gasteiger partial charge in [0.25, 0.3) is 5.91 Å². The second-order valence-corrected chi connectivity index (χ2v) is 7.84. The second kappa shape index (κ2) is 12.0. The molecule has 0 aliphatic heterocycles. The topological polar surface area (TPSA) is 122 Å². The van der Waals surface area contributed by atoms with Gasteiger partial charge in [-0.15, -0.1) is 0 Å². The van der Waals surface area contributed by atoms with Crippen molar-refractivity contribution in [3.63, 3.8) is 0 Å². The van der Waals surface area contributed by atoms with Crippen molar-refractivity contribution in [1.29, 1.82) is 0 Å². The van der Waals surface area contributed by atoms with Gasteiger partial charge in [0.15, 0.2) is 11.5 Å². The SMILES string of the molecule is CCc1nc(C(N)=O)c(Nc2cccc(CCNC=O)c2)nc1C1CC1.CNC(C)C. The number of carbonyl (C=O) groups excluding carboxylic acids is 2. The molecule has 0 unspecified atom stereocenters. The number of aromatic nitrogens is 2. The largest absolute Gasteiger partial charge is 0.364 e. The van der Waals surface area contributed by atoms with Crippen molar-refractivity contribution in [3.8, 4) is 0 Å². The molecule has 0 radical (unpaired) electrons. The van der Waals surface area contributed by atoms with Gasteiger partial charge in [0.1, 0.15) is 0 Å². The molecule has 3 rings (SSSR count). The van der Waals surface area contributed by atoms with E-state index in [4.69, 9.17) is 10.7 Å². The zero-order valence-corrected chi connectivity index (χ0v) is 18.9. The maximum atomic E-state index is 11.9. The third-order valence-electron chi connectivity index (χ3n) is 4.94. The van der Waals surface area contributed by atoms with Crippen molar-refractivity contribution < 1.29 is 9.59 Å². The van der Waals surface area contributed by atoms with Crippen molar-refractivity contribution in [2.75, 3.05) is 18.9 Å². The zero-order chi connectivity index (χ0) is 22.8. The van der Waals surface area contributed by atoms with Crippen LogP contribution in [0.4, 0.5) is 11.5 Å². The van der Waals surface area contributed by atoms with Gasteiger partial charge in [-0.05, 0) is 50.4 Å². The number of hydrogen-bond acceptors (Lipinski definition) is 6. The summed E-state index contributed by atoms with van der Waals surface area (Å²) in [5.41, 5.74) is 9.36. The summed E-state index contributed by atoms with van der Waals surface area (Å²) in [6, 6.07) is 8.39. The summed E-state index contributed by atoms with van der Waals surface area (Å²) < 4.78 is 0. The Balaban J connectivity index is 0.000000614. The Bertz CT molecular complexity index is 880. The Kier molecular flexibility index (Phi) is 9.40. The molecule has 31 heavy (non-hydrogen) atoms. The molecule has 2 amide bonds. The van der Waals surface area contributed by atoms with Crippen LogP contribution < -0.4 is 21.7 Å². The van der Waals surface area contributed by atoms with Crippen LogP contribution in [0.2, 0.25) is 0 Å². The lowest BCUT2D eigenvalue weighted by Crippen LogP contribution is -2.19. The lowest BCUT2D eigenvalue weighted by molar-refractivity contribution is -0.109. The van der Waals surface area contributed by atoms with Crippen LogP contribution in [-0.4, -0.2) is 41.9 Å². The van der Waals surface area contributed by atoms with Crippen LogP contribution in [0.25, 0.3) is 0 Å². The molecular formula is C23H34N6O2. The fourth-order valence-corrected chi connectivity index (χ4v) is 2.90. The quantitative estimate of drug-likeness (QED) is 0.342. The Morgan fingerprint density at radius 3 is 2.55 bits per heavy atom. The highest BCUT2D eigenvalue weighted by atomic mass is 16.1. The van der Waals surface area contributed by atoms with Gasteiger partial charge in [-0.3, -0.25) is 9.59 Å². The molecular weight excluding hydrogens is 392 g/mol. The summed E-state index contributed by atoms with van der Waals surface area (Å²) in [7, 11) is 1.95. The molecule has 1 fully saturated rings. The first-order chi connectivity index (χ1) is 14.9. The van der Waals surface area contributed by atoms with Crippen LogP contribution in [0.3, 0.4) is 0 Å². The van der Waals surface area contributed by atoms with Gasteiger partial charge in [0.2, 0.25) is 6.41 Å². The molecule has 168 valence electrons. The number of benzene rings is 1. The summed E-state index contributed by atoms with van der Waals surface area (Å²) in [5.74, 6) is 0.240. The summed E-state index contributed by atoms with van der Waals surface area (Å²) in [6.45, 7) is 6.79. The molecule has 8 nitrogen and oxygen atoms in total. The second-order valence-electron chi connectivity index (χ2n) is 7.84. The fourth-order valence-electron chi connectivity index (χ4n) is 2.90. The molecule has 1 heterocycles. The van der Waals surface area contributed by atoms with Crippen molar-refractivity contribution in [2.24, 2.45) is 5.73 Å². The normalized spacial score (nSPS) is 12.7. The van der Waals surface area contributed by atoms with E-state index >= 15 is 0 Å². The Morgan fingerprint density at radius 2 is 2.00 bits per heavy atom. The van der Waals surface area contributed by atoms with E-state index in [9.17, 15) is 9.59 Å². The van der Waals surface area contributed by atoms with Crippen molar-refractivity contribution in [3.05, 3.63) is 46.9 Å². The first-order valence-electron chi connectivity index (χ1n) is 10.8. The molecule has 0 saturated heterocycles. The van der Waals surface area contributed by atoms with E-state index in [-0.39, 0.29) is 5.69 Å². The predicted molar refractivity (Wildman–Crippen MR) is 124 cm³/mol. The van der Waals surface area contributed by atoms with E-state index in [1.807, 2.05) is 38.2 Å². The van der Waals surface area contributed by atoms with Crippen molar-refractivity contribution >= 4 is 23.8 Å². The summed E-state index contributed by atoms with van der Waals surface area (Å²) in [4.78, 5) is 31.4. The predicted octanol–water partition coefficient (Wildman–Crippen LogP) is 2.66. The Morgan fingerprint density at radius 1 is 1.29 bits per heavy atom. The highest BCUT2D eigenvalue weighted by Gasteiger charge is 2.30. The number of carbonyl (C=O) groups is 2. The van der Waals surface area contributed by atoms with Crippen LogP contribution >= 0.6 is 0 Å². The van der Waals surface area contributed by atoms with Gasteiger partial charge in [-0.2, -0.15) is 0 Å². The average Bonchev–Trinajstić information content (AvgIpc) is 3.59. The number of amides is 2. The first kappa shape index (κ1) is 24.3. The van der Waals surface area contributed by atoms with E-state index in [2.05, 4.69) is 34.8 Å². The van der Waals surface area contributed by atoms with Crippen LogP contribution in [0.15, 0.2) is 24.3 Å². The molecule has 1 aliphatic rings. The standard InChI is InChI=1S/C19H23N5O2.C4H11N/c1-2-15-16(13-6-7-13)24-19(17(23-15)18(20)26)22-14-5-3-4-12(10-14)8-9-21-11-25;1-4(2)5-3/h3-5,10-11,13H,2,6-9H2,1H3,(H2,20,26)(H,21,25)(H,22,24);4-5H,1-3H3. The monoisotopic (exact) mass is 426 g/mol. The minimum Gasteiger partial charge on any atom is -0.364 e.